The zero-order chi connectivity index (χ0) is 13.7. The van der Waals surface area contributed by atoms with Crippen molar-refractivity contribution in [1.82, 2.24) is 15.3 Å². The van der Waals surface area contributed by atoms with Crippen molar-refractivity contribution in [1.29, 1.82) is 0 Å². The molecule has 0 spiro atoms. The largest absolute Gasteiger partial charge is 0.313 e. The molecule has 0 saturated carbocycles. The zero-order valence-corrected chi connectivity index (χ0v) is 11.9. The van der Waals surface area contributed by atoms with Gasteiger partial charge in [0.15, 0.2) is 0 Å². The summed E-state index contributed by atoms with van der Waals surface area (Å²) in [7, 11) is 0. The maximum absolute atomic E-state index is 4.53. The van der Waals surface area contributed by atoms with Gasteiger partial charge in [0, 0.05) is 29.9 Å². The Bertz CT molecular complexity index is 503. The molecule has 0 saturated heterocycles. The van der Waals surface area contributed by atoms with Crippen LogP contribution in [0.15, 0.2) is 42.7 Å². The molecule has 0 aliphatic heterocycles. The fraction of sp³-hybridized carbons (Fsp3) is 0.375. The molecule has 19 heavy (non-hydrogen) atoms. The van der Waals surface area contributed by atoms with Gasteiger partial charge in [-0.15, -0.1) is 0 Å². The van der Waals surface area contributed by atoms with Gasteiger partial charge in [0.1, 0.15) is 5.82 Å². The highest BCUT2D eigenvalue weighted by Gasteiger charge is 2.25. The third kappa shape index (κ3) is 3.18. The molecular formula is C16H21N3. The molecule has 0 unspecified atom stereocenters. The minimum Gasteiger partial charge on any atom is -0.313 e. The normalized spacial score (nSPS) is 11.5. The van der Waals surface area contributed by atoms with Crippen LogP contribution in [-0.2, 0) is 12.0 Å². The predicted octanol–water partition coefficient (Wildman–Crippen LogP) is 2.91. The molecule has 0 radical (unpaired) electrons. The lowest BCUT2D eigenvalue weighted by atomic mass is 9.84. The second-order valence-corrected chi connectivity index (χ2v) is 5.19. The number of aromatic nitrogens is 2. The predicted molar refractivity (Wildman–Crippen MR) is 78.0 cm³/mol. The highest BCUT2D eigenvalue weighted by Crippen LogP contribution is 2.28. The van der Waals surface area contributed by atoms with Gasteiger partial charge in [0.25, 0.3) is 0 Å². The van der Waals surface area contributed by atoms with E-state index in [-0.39, 0.29) is 5.41 Å². The van der Waals surface area contributed by atoms with E-state index in [1.807, 2.05) is 18.5 Å². The van der Waals surface area contributed by atoms with Crippen molar-refractivity contribution in [3.63, 3.8) is 0 Å². The van der Waals surface area contributed by atoms with Gasteiger partial charge in [-0.05, 0) is 26.0 Å². The molecule has 0 fully saturated rings. The minimum absolute atomic E-state index is 0.169. The number of nitrogens with one attached hydrogen (secondary N) is 1. The van der Waals surface area contributed by atoms with Crippen LogP contribution < -0.4 is 5.32 Å². The summed E-state index contributed by atoms with van der Waals surface area (Å²) in [5, 5.41) is 3.27. The molecule has 3 nitrogen and oxygen atoms in total. The van der Waals surface area contributed by atoms with Gasteiger partial charge in [-0.3, -0.25) is 0 Å². The first-order valence-corrected chi connectivity index (χ1v) is 6.72. The Labute approximate surface area is 115 Å². The van der Waals surface area contributed by atoms with E-state index in [4.69, 9.17) is 0 Å². The van der Waals surface area contributed by atoms with Gasteiger partial charge in [-0.25, -0.2) is 9.97 Å². The molecule has 2 rings (SSSR count). The molecule has 0 atom stereocenters. The Morgan fingerprint density at radius 3 is 2.26 bits per heavy atom. The molecule has 0 aliphatic rings. The molecule has 1 aromatic carbocycles. The first kappa shape index (κ1) is 13.7. The Kier molecular flexibility index (Phi) is 4.27. The molecule has 2 aromatic rings. The molecule has 100 valence electrons. The molecule has 0 bridgehead atoms. The van der Waals surface area contributed by atoms with E-state index < -0.39 is 0 Å². The summed E-state index contributed by atoms with van der Waals surface area (Å²) < 4.78 is 0. The van der Waals surface area contributed by atoms with Crippen LogP contribution in [0, 0.1) is 0 Å². The van der Waals surface area contributed by atoms with Crippen molar-refractivity contribution < 1.29 is 0 Å². The zero-order valence-electron chi connectivity index (χ0n) is 11.9. The first-order chi connectivity index (χ1) is 9.14. The topological polar surface area (TPSA) is 37.8 Å². The second-order valence-electron chi connectivity index (χ2n) is 5.19. The van der Waals surface area contributed by atoms with E-state index in [9.17, 15) is 0 Å². The SMILES string of the molecule is CCNCc1cnc(C(C)(C)c2ccccc2)nc1. The van der Waals surface area contributed by atoms with Crippen LogP contribution in [0.1, 0.15) is 37.7 Å². The van der Waals surface area contributed by atoms with Gasteiger partial charge in [0.05, 0.1) is 0 Å². The van der Waals surface area contributed by atoms with Gasteiger partial charge in [-0.1, -0.05) is 37.3 Å². The van der Waals surface area contributed by atoms with Crippen molar-refractivity contribution in [3.8, 4) is 0 Å². The average molecular weight is 255 g/mol. The molecule has 3 heteroatoms. The second kappa shape index (κ2) is 5.93. The van der Waals surface area contributed by atoms with Crippen molar-refractivity contribution in [2.75, 3.05) is 6.54 Å². The molecule has 1 aromatic heterocycles. The smallest absolute Gasteiger partial charge is 0.138 e. The number of hydrogen-bond donors (Lipinski definition) is 1. The summed E-state index contributed by atoms with van der Waals surface area (Å²) >= 11 is 0. The van der Waals surface area contributed by atoms with E-state index in [1.165, 1.54) is 5.56 Å². The molecule has 0 amide bonds. The lowest BCUT2D eigenvalue weighted by Crippen LogP contribution is -2.22. The summed E-state index contributed by atoms with van der Waals surface area (Å²) in [6.45, 7) is 8.18. The van der Waals surface area contributed by atoms with Crippen molar-refractivity contribution >= 4 is 0 Å². The van der Waals surface area contributed by atoms with Gasteiger partial charge < -0.3 is 5.32 Å². The summed E-state index contributed by atoms with van der Waals surface area (Å²) in [6.07, 6.45) is 3.82. The van der Waals surface area contributed by atoms with E-state index >= 15 is 0 Å². The quantitative estimate of drug-likeness (QED) is 0.892. The van der Waals surface area contributed by atoms with Crippen molar-refractivity contribution in [2.24, 2.45) is 0 Å². The average Bonchev–Trinajstić information content (AvgIpc) is 2.46. The van der Waals surface area contributed by atoms with E-state index in [0.717, 1.165) is 24.5 Å². The number of nitrogens with zero attached hydrogens (tertiary/aromatic N) is 2. The van der Waals surface area contributed by atoms with E-state index in [0.29, 0.717) is 0 Å². The van der Waals surface area contributed by atoms with Crippen LogP contribution in [0.5, 0.6) is 0 Å². The Morgan fingerprint density at radius 1 is 1.05 bits per heavy atom. The van der Waals surface area contributed by atoms with Crippen LogP contribution in [0.3, 0.4) is 0 Å². The van der Waals surface area contributed by atoms with Crippen LogP contribution in [0.25, 0.3) is 0 Å². The maximum atomic E-state index is 4.53. The Hall–Kier alpha value is -1.74. The summed E-state index contributed by atoms with van der Waals surface area (Å²) in [5.41, 5.74) is 2.18. The van der Waals surface area contributed by atoms with Gasteiger partial charge >= 0.3 is 0 Å². The highest BCUT2D eigenvalue weighted by atomic mass is 14.9. The van der Waals surface area contributed by atoms with Crippen molar-refractivity contribution in [3.05, 3.63) is 59.7 Å². The molecule has 1 heterocycles. The van der Waals surface area contributed by atoms with Gasteiger partial charge in [-0.2, -0.15) is 0 Å². The minimum atomic E-state index is -0.169. The van der Waals surface area contributed by atoms with Gasteiger partial charge in [0.2, 0.25) is 0 Å². The summed E-state index contributed by atoms with van der Waals surface area (Å²) in [5.74, 6) is 0.860. The maximum Gasteiger partial charge on any atom is 0.138 e. The summed E-state index contributed by atoms with van der Waals surface area (Å²) in [4.78, 5) is 9.06. The number of hydrogen-bond acceptors (Lipinski definition) is 3. The van der Waals surface area contributed by atoms with Crippen LogP contribution in [0.2, 0.25) is 0 Å². The molecular weight excluding hydrogens is 234 g/mol. The Balaban J connectivity index is 2.21. The van der Waals surface area contributed by atoms with E-state index in [1.54, 1.807) is 0 Å². The monoisotopic (exact) mass is 255 g/mol. The third-order valence-electron chi connectivity index (χ3n) is 3.34. The fourth-order valence-corrected chi connectivity index (χ4v) is 2.02. The summed E-state index contributed by atoms with van der Waals surface area (Å²) in [6, 6.07) is 10.4. The van der Waals surface area contributed by atoms with Crippen LogP contribution >= 0.6 is 0 Å². The molecule has 0 aliphatic carbocycles. The fourth-order valence-electron chi connectivity index (χ4n) is 2.02. The highest BCUT2D eigenvalue weighted by molar-refractivity contribution is 5.30. The van der Waals surface area contributed by atoms with Crippen LogP contribution in [-0.4, -0.2) is 16.5 Å². The van der Waals surface area contributed by atoms with E-state index in [2.05, 4.69) is 60.3 Å². The first-order valence-electron chi connectivity index (χ1n) is 6.72. The number of rotatable bonds is 5. The van der Waals surface area contributed by atoms with Crippen molar-refractivity contribution in [2.45, 2.75) is 32.7 Å². The number of benzene rings is 1. The third-order valence-corrected chi connectivity index (χ3v) is 3.34. The standard InChI is InChI=1S/C16H21N3/c1-4-17-10-13-11-18-15(19-12-13)16(2,3)14-8-6-5-7-9-14/h5-9,11-12,17H,4,10H2,1-3H3. The molecule has 1 N–H and O–H groups in total. The Morgan fingerprint density at radius 2 is 1.68 bits per heavy atom. The lowest BCUT2D eigenvalue weighted by Gasteiger charge is -2.23. The lowest BCUT2D eigenvalue weighted by molar-refractivity contribution is 0.586. The van der Waals surface area contributed by atoms with Crippen LogP contribution in [0.4, 0.5) is 0 Å².